The number of amides is 1. The van der Waals surface area contributed by atoms with Crippen molar-refractivity contribution in [1.82, 2.24) is 4.98 Å². The number of aromatic nitrogens is 1. The van der Waals surface area contributed by atoms with Crippen LogP contribution in [0, 0.1) is 13.8 Å². The molecule has 1 atom stereocenters. The lowest BCUT2D eigenvalue weighted by atomic mass is 9.95. The van der Waals surface area contributed by atoms with Crippen LogP contribution in [0.3, 0.4) is 0 Å². The number of Topliss-reactive ketones (excluding diaryl/α,β-unsaturated/α-hetero) is 1. The summed E-state index contributed by atoms with van der Waals surface area (Å²) in [5.74, 6) is -0.720. The largest absolute Gasteiger partial charge is 0.507 e. The first-order valence-corrected chi connectivity index (χ1v) is 10.4. The van der Waals surface area contributed by atoms with Crippen LogP contribution in [0.2, 0.25) is 0 Å². The summed E-state index contributed by atoms with van der Waals surface area (Å²) in [4.78, 5) is 32.3. The Balaban J connectivity index is 1.99. The van der Waals surface area contributed by atoms with Crippen LogP contribution in [0.5, 0.6) is 11.5 Å². The van der Waals surface area contributed by atoms with Crippen LogP contribution in [0.15, 0.2) is 66.4 Å². The number of ketones is 1. The van der Waals surface area contributed by atoms with Gasteiger partial charge >= 0.3 is 0 Å². The fourth-order valence-corrected chi connectivity index (χ4v) is 4.14. The van der Waals surface area contributed by atoms with Gasteiger partial charge in [0.05, 0.1) is 31.2 Å². The Bertz CT molecular complexity index is 1270. The van der Waals surface area contributed by atoms with Crippen molar-refractivity contribution in [2.24, 2.45) is 0 Å². The second kappa shape index (κ2) is 8.78. The molecule has 1 aliphatic rings. The standard InChI is InChI=1S/C26H24N2O5/c1-15-14-21(33-4)16(2)13-17(15)24(29)22-23(18-9-7-8-12-27-18)28(26(31)25(22)30)19-10-5-6-11-20(19)32-3/h5-14,23,29H,1-4H3/b24-22+. The van der Waals surface area contributed by atoms with Crippen molar-refractivity contribution < 1.29 is 24.2 Å². The molecular formula is C26H24N2O5. The van der Waals surface area contributed by atoms with Gasteiger partial charge in [-0.3, -0.25) is 19.5 Å². The molecule has 0 aliphatic carbocycles. The van der Waals surface area contributed by atoms with Crippen molar-refractivity contribution in [3.05, 3.63) is 88.8 Å². The fraction of sp³-hybridized carbons (Fsp3) is 0.192. The van der Waals surface area contributed by atoms with Gasteiger partial charge in [-0.05, 0) is 61.4 Å². The first-order valence-electron chi connectivity index (χ1n) is 10.4. The number of rotatable bonds is 5. The number of ether oxygens (including phenoxy) is 2. The molecule has 1 aliphatic heterocycles. The molecule has 0 saturated carbocycles. The van der Waals surface area contributed by atoms with Crippen LogP contribution in [0.1, 0.15) is 28.4 Å². The summed E-state index contributed by atoms with van der Waals surface area (Å²) in [6.45, 7) is 3.65. The predicted octanol–water partition coefficient (Wildman–Crippen LogP) is 4.34. The Hall–Kier alpha value is -4.13. The Morgan fingerprint density at radius 2 is 1.64 bits per heavy atom. The van der Waals surface area contributed by atoms with Crippen LogP contribution in [-0.4, -0.2) is 36.0 Å². The van der Waals surface area contributed by atoms with Crippen molar-refractivity contribution in [1.29, 1.82) is 0 Å². The van der Waals surface area contributed by atoms with Gasteiger partial charge in [0, 0.05) is 11.8 Å². The molecular weight excluding hydrogens is 420 g/mol. The molecule has 0 spiro atoms. The van der Waals surface area contributed by atoms with Gasteiger partial charge in [-0.1, -0.05) is 18.2 Å². The van der Waals surface area contributed by atoms with Crippen LogP contribution in [0.4, 0.5) is 5.69 Å². The molecule has 7 nitrogen and oxygen atoms in total. The molecule has 1 N–H and O–H groups in total. The molecule has 0 radical (unpaired) electrons. The van der Waals surface area contributed by atoms with E-state index in [-0.39, 0.29) is 11.3 Å². The number of benzene rings is 2. The zero-order valence-electron chi connectivity index (χ0n) is 18.8. The number of nitrogens with zero attached hydrogens (tertiary/aromatic N) is 2. The minimum absolute atomic E-state index is 0.0303. The SMILES string of the molecule is COc1cc(C)c(/C(O)=C2\C(=O)C(=O)N(c3ccccc3OC)C2c2ccccn2)cc1C. The van der Waals surface area contributed by atoms with E-state index < -0.39 is 17.7 Å². The molecule has 1 amide bonds. The van der Waals surface area contributed by atoms with Gasteiger partial charge in [0.25, 0.3) is 11.7 Å². The number of carbonyl (C=O) groups excluding carboxylic acids is 2. The molecule has 3 aromatic rings. The van der Waals surface area contributed by atoms with E-state index in [0.717, 1.165) is 5.56 Å². The van der Waals surface area contributed by atoms with E-state index in [2.05, 4.69) is 4.98 Å². The first-order chi connectivity index (χ1) is 15.9. The number of hydrogen-bond donors (Lipinski definition) is 1. The predicted molar refractivity (Wildman–Crippen MR) is 124 cm³/mol. The van der Waals surface area contributed by atoms with Gasteiger partial charge in [-0.25, -0.2) is 0 Å². The van der Waals surface area contributed by atoms with Crippen molar-refractivity contribution >= 4 is 23.1 Å². The van der Waals surface area contributed by atoms with E-state index in [1.807, 2.05) is 13.8 Å². The molecule has 1 aromatic heterocycles. The summed E-state index contributed by atoms with van der Waals surface area (Å²) in [5.41, 5.74) is 2.78. The average Bonchev–Trinajstić information content (AvgIpc) is 3.10. The van der Waals surface area contributed by atoms with Crippen molar-refractivity contribution in [2.75, 3.05) is 19.1 Å². The van der Waals surface area contributed by atoms with Crippen molar-refractivity contribution in [3.8, 4) is 11.5 Å². The van der Waals surface area contributed by atoms with Crippen LogP contribution in [0.25, 0.3) is 5.76 Å². The van der Waals surface area contributed by atoms with E-state index in [1.165, 1.54) is 12.0 Å². The fourth-order valence-electron chi connectivity index (χ4n) is 4.14. The molecule has 168 valence electrons. The highest BCUT2D eigenvalue weighted by Crippen LogP contribution is 2.44. The third-order valence-corrected chi connectivity index (χ3v) is 5.75. The summed E-state index contributed by atoms with van der Waals surface area (Å²) in [6, 6.07) is 14.8. The van der Waals surface area contributed by atoms with Gasteiger partial charge in [-0.15, -0.1) is 0 Å². The second-order valence-corrected chi connectivity index (χ2v) is 7.73. The zero-order chi connectivity index (χ0) is 23.7. The van der Waals surface area contributed by atoms with E-state index in [0.29, 0.717) is 34.0 Å². The molecule has 2 heterocycles. The monoisotopic (exact) mass is 444 g/mol. The Morgan fingerprint density at radius 3 is 2.30 bits per heavy atom. The molecule has 1 unspecified atom stereocenters. The number of methoxy groups -OCH3 is 2. The number of aryl methyl sites for hydroxylation is 2. The van der Waals surface area contributed by atoms with E-state index in [9.17, 15) is 14.7 Å². The Kier molecular flexibility index (Phi) is 5.87. The molecule has 2 aromatic carbocycles. The maximum absolute atomic E-state index is 13.3. The second-order valence-electron chi connectivity index (χ2n) is 7.73. The molecule has 1 fully saturated rings. The molecule has 0 bridgehead atoms. The average molecular weight is 444 g/mol. The maximum Gasteiger partial charge on any atom is 0.300 e. The summed E-state index contributed by atoms with van der Waals surface area (Å²) >= 11 is 0. The Labute approximate surface area is 191 Å². The highest BCUT2D eigenvalue weighted by atomic mass is 16.5. The normalized spacial score (nSPS) is 17.3. The van der Waals surface area contributed by atoms with Crippen LogP contribution < -0.4 is 14.4 Å². The smallest absolute Gasteiger partial charge is 0.300 e. The highest BCUT2D eigenvalue weighted by Gasteiger charge is 2.48. The minimum atomic E-state index is -0.927. The quantitative estimate of drug-likeness (QED) is 0.358. The molecule has 1 saturated heterocycles. The lowest BCUT2D eigenvalue weighted by molar-refractivity contribution is -0.132. The van der Waals surface area contributed by atoms with Crippen LogP contribution >= 0.6 is 0 Å². The van der Waals surface area contributed by atoms with E-state index in [1.54, 1.807) is 67.9 Å². The number of aliphatic hydroxyl groups is 1. The highest BCUT2D eigenvalue weighted by molar-refractivity contribution is 6.51. The molecule has 4 rings (SSSR count). The number of aliphatic hydroxyl groups excluding tert-OH is 1. The van der Waals surface area contributed by atoms with Crippen molar-refractivity contribution in [2.45, 2.75) is 19.9 Å². The topological polar surface area (TPSA) is 89.0 Å². The van der Waals surface area contributed by atoms with Crippen molar-refractivity contribution in [3.63, 3.8) is 0 Å². The number of anilines is 1. The summed E-state index contributed by atoms with van der Waals surface area (Å²) in [6.07, 6.45) is 1.58. The summed E-state index contributed by atoms with van der Waals surface area (Å²) in [7, 11) is 3.07. The molecule has 33 heavy (non-hydrogen) atoms. The van der Waals surface area contributed by atoms with Gasteiger partial charge in [0.1, 0.15) is 23.3 Å². The number of pyridine rings is 1. The lowest BCUT2D eigenvalue weighted by Gasteiger charge is -2.26. The third kappa shape index (κ3) is 3.71. The Morgan fingerprint density at radius 1 is 0.939 bits per heavy atom. The number of carbonyl (C=O) groups is 2. The van der Waals surface area contributed by atoms with Gasteiger partial charge in [0.2, 0.25) is 0 Å². The van der Waals surface area contributed by atoms with Gasteiger partial charge in [-0.2, -0.15) is 0 Å². The number of para-hydroxylation sites is 2. The maximum atomic E-state index is 13.3. The van der Waals surface area contributed by atoms with E-state index in [4.69, 9.17) is 9.47 Å². The lowest BCUT2D eigenvalue weighted by Crippen LogP contribution is -2.30. The van der Waals surface area contributed by atoms with Gasteiger partial charge < -0.3 is 14.6 Å². The van der Waals surface area contributed by atoms with Gasteiger partial charge in [0.15, 0.2) is 0 Å². The minimum Gasteiger partial charge on any atom is -0.507 e. The summed E-state index contributed by atoms with van der Waals surface area (Å²) < 4.78 is 10.8. The van der Waals surface area contributed by atoms with E-state index >= 15 is 0 Å². The zero-order valence-corrected chi connectivity index (χ0v) is 18.8. The first kappa shape index (κ1) is 22.1. The third-order valence-electron chi connectivity index (χ3n) is 5.75. The van der Waals surface area contributed by atoms with Crippen LogP contribution in [-0.2, 0) is 9.59 Å². The molecule has 7 heteroatoms. The summed E-state index contributed by atoms with van der Waals surface area (Å²) in [5, 5.41) is 11.4. The number of hydrogen-bond acceptors (Lipinski definition) is 6.